The van der Waals surface area contributed by atoms with Gasteiger partial charge in [-0.25, -0.2) is 9.13 Å². The Hall–Kier alpha value is -4.54. The topological polar surface area (TPSA) is 237 Å². The van der Waals surface area contributed by atoms with Gasteiger partial charge in [0.1, 0.15) is 19.3 Å². The SMILES string of the molecule is CC/C=C\C/C=C\C/C=C\C/C=C\CCCCCCC(=O)OCC(COP(=O)(O)OCC(O)COP(=O)(O)OCC(COC(=O)CCCCCCC/C=C\C/C=C\CCCCC)OC(=O)CCCCCCC/C=C\CCCCCC)OC(=O)CCCCCCCCC/C=C\C/C=C\C/C=C\CC. The molecule has 0 rings (SSSR count). The van der Waals surface area contributed by atoms with Crippen molar-refractivity contribution in [1.82, 2.24) is 0 Å². The molecule has 0 aromatic carbocycles. The number of unbranched alkanes of at least 4 members (excludes halogenated alkanes) is 28. The molecule has 19 heteroatoms. The van der Waals surface area contributed by atoms with E-state index in [-0.39, 0.29) is 25.7 Å². The van der Waals surface area contributed by atoms with Crippen molar-refractivity contribution >= 4 is 39.5 Å². The quantitative estimate of drug-likeness (QED) is 0.0169. The summed E-state index contributed by atoms with van der Waals surface area (Å²) in [5, 5.41) is 10.6. The summed E-state index contributed by atoms with van der Waals surface area (Å²) >= 11 is 0. The van der Waals surface area contributed by atoms with Crippen LogP contribution in [0.25, 0.3) is 0 Å². The van der Waals surface area contributed by atoms with Gasteiger partial charge in [0.25, 0.3) is 0 Å². The third kappa shape index (κ3) is 73.8. The number of allylic oxidation sites excluding steroid dienone is 20. The van der Waals surface area contributed by atoms with Crippen molar-refractivity contribution < 1.29 is 80.2 Å². The molecule has 5 atom stereocenters. The van der Waals surface area contributed by atoms with Gasteiger partial charge in [0.2, 0.25) is 0 Å². The fourth-order valence-electron chi connectivity index (χ4n) is 10.4. The van der Waals surface area contributed by atoms with Crippen LogP contribution in [-0.2, 0) is 65.4 Å². The molecule has 0 spiro atoms. The molecule has 0 bridgehead atoms. The van der Waals surface area contributed by atoms with E-state index in [4.69, 9.17) is 37.0 Å². The van der Waals surface area contributed by atoms with Gasteiger partial charge in [0, 0.05) is 25.7 Å². The minimum absolute atomic E-state index is 0.0753. The predicted octanol–water partition coefficient (Wildman–Crippen LogP) is 23.1. The summed E-state index contributed by atoms with van der Waals surface area (Å²) in [4.78, 5) is 73.0. The Morgan fingerprint density at radius 3 is 0.814 bits per heavy atom. The lowest BCUT2D eigenvalue weighted by Gasteiger charge is -2.21. The zero-order chi connectivity index (χ0) is 74.6. The molecule has 17 nitrogen and oxygen atoms in total. The highest BCUT2D eigenvalue weighted by Gasteiger charge is 2.30. The number of carbonyl (C=O) groups excluding carboxylic acids is 4. The lowest BCUT2D eigenvalue weighted by Crippen LogP contribution is -2.30. The molecule has 0 aliphatic carbocycles. The number of aliphatic hydroxyl groups is 1. The molecule has 0 amide bonds. The molecule has 0 fully saturated rings. The molecule has 0 aromatic heterocycles. The van der Waals surface area contributed by atoms with E-state index in [1.54, 1.807) is 0 Å². The second kappa shape index (κ2) is 74.7. The molecule has 0 aromatic rings. The highest BCUT2D eigenvalue weighted by molar-refractivity contribution is 7.47. The van der Waals surface area contributed by atoms with E-state index < -0.39 is 97.5 Å². The van der Waals surface area contributed by atoms with Crippen LogP contribution >= 0.6 is 15.6 Å². The molecular formula is C83H142O17P2. The van der Waals surface area contributed by atoms with E-state index in [0.717, 1.165) is 199 Å². The van der Waals surface area contributed by atoms with Crippen molar-refractivity contribution in [2.24, 2.45) is 0 Å². The Morgan fingerprint density at radius 2 is 0.510 bits per heavy atom. The van der Waals surface area contributed by atoms with Gasteiger partial charge in [-0.3, -0.25) is 37.3 Å². The van der Waals surface area contributed by atoms with Gasteiger partial charge in [-0.2, -0.15) is 0 Å². The molecule has 0 saturated carbocycles. The lowest BCUT2D eigenvalue weighted by atomic mass is 10.1. The third-order valence-electron chi connectivity index (χ3n) is 16.4. The number of hydrogen-bond acceptors (Lipinski definition) is 15. The first-order chi connectivity index (χ1) is 49.7. The van der Waals surface area contributed by atoms with E-state index >= 15 is 0 Å². The largest absolute Gasteiger partial charge is 0.472 e. The van der Waals surface area contributed by atoms with Crippen molar-refractivity contribution in [2.75, 3.05) is 39.6 Å². The molecule has 3 N–H and O–H groups in total. The first-order valence-electron chi connectivity index (χ1n) is 39.8. The fourth-order valence-corrected chi connectivity index (χ4v) is 11.9. The fraction of sp³-hybridized carbons (Fsp3) is 0.711. The molecule has 0 radical (unpaired) electrons. The molecule has 102 heavy (non-hydrogen) atoms. The first-order valence-corrected chi connectivity index (χ1v) is 42.8. The molecular weight excluding hydrogens is 1330 g/mol. The van der Waals surface area contributed by atoms with Gasteiger partial charge in [0.05, 0.1) is 26.4 Å². The Balaban J connectivity index is 5.40. The number of rotatable bonds is 74. The second-order valence-electron chi connectivity index (χ2n) is 26.2. The van der Waals surface area contributed by atoms with E-state index in [0.29, 0.717) is 25.7 Å². The Labute approximate surface area is 619 Å². The van der Waals surface area contributed by atoms with Crippen LogP contribution in [0.5, 0.6) is 0 Å². The van der Waals surface area contributed by atoms with Crippen molar-refractivity contribution in [3.8, 4) is 0 Å². The van der Waals surface area contributed by atoms with Crippen molar-refractivity contribution in [1.29, 1.82) is 0 Å². The number of phosphoric ester groups is 2. The minimum atomic E-state index is -4.99. The van der Waals surface area contributed by atoms with E-state index in [1.807, 2.05) is 0 Å². The summed E-state index contributed by atoms with van der Waals surface area (Å²) in [6, 6.07) is 0. The number of hydrogen-bond donors (Lipinski definition) is 3. The van der Waals surface area contributed by atoms with Crippen LogP contribution in [0.4, 0.5) is 0 Å². The standard InChI is InChI=1S/C83H142O17P2/c1-5-9-13-17-21-25-29-33-36-38-41-45-48-52-56-60-64-68-81(86)94-74-79(100-83(88)70-66-62-58-54-50-46-42-39-37-34-30-26-22-18-14-10-6-2)76-98-102(91,92)96-72-77(84)71-95-101(89,90)97-75-78(99-82(87)69-65-61-57-53-49-43-32-28-24-20-16-12-8-4)73-93-80(85)67-63-59-55-51-47-44-40-35-31-27-23-19-15-11-7-3/h9-10,13-14,21-23,25-28,32-37,40-41,45,77-79,84H,5-8,11-12,15-20,24,29-31,38-39,42-44,46-76H2,1-4H3,(H,89,90)(H,91,92)/b13-9-,14-10-,25-21-,26-22-,27-23-,32-28-,36-33-,37-34-,40-35-,45-41-. The maximum Gasteiger partial charge on any atom is 0.472 e. The molecule has 586 valence electrons. The van der Waals surface area contributed by atoms with Gasteiger partial charge >= 0.3 is 39.5 Å². The summed E-state index contributed by atoms with van der Waals surface area (Å²) in [6.45, 7) is 4.57. The van der Waals surface area contributed by atoms with Crippen LogP contribution in [0, 0.1) is 0 Å². The van der Waals surface area contributed by atoms with Crippen LogP contribution in [0.15, 0.2) is 122 Å². The van der Waals surface area contributed by atoms with Gasteiger partial charge in [-0.1, -0.05) is 265 Å². The predicted molar refractivity (Wildman–Crippen MR) is 418 cm³/mol. The maximum absolute atomic E-state index is 13.1. The molecule has 0 saturated heterocycles. The van der Waals surface area contributed by atoms with Gasteiger partial charge < -0.3 is 33.8 Å². The van der Waals surface area contributed by atoms with Crippen LogP contribution < -0.4 is 0 Å². The Morgan fingerprint density at radius 1 is 0.284 bits per heavy atom. The van der Waals surface area contributed by atoms with Gasteiger partial charge in [-0.15, -0.1) is 0 Å². The highest BCUT2D eigenvalue weighted by atomic mass is 31.2. The highest BCUT2D eigenvalue weighted by Crippen LogP contribution is 2.45. The number of ether oxygens (including phenoxy) is 4. The smallest absolute Gasteiger partial charge is 0.462 e. The zero-order valence-electron chi connectivity index (χ0n) is 64.0. The first kappa shape index (κ1) is 97.5. The molecule has 0 aliphatic heterocycles. The molecule has 0 aliphatic rings. The average molecular weight is 1470 g/mol. The van der Waals surface area contributed by atoms with Crippen molar-refractivity contribution in [2.45, 2.75) is 341 Å². The zero-order valence-corrected chi connectivity index (χ0v) is 65.8. The number of carbonyl (C=O) groups is 4. The minimum Gasteiger partial charge on any atom is -0.462 e. The van der Waals surface area contributed by atoms with Crippen LogP contribution in [-0.4, -0.2) is 96.7 Å². The molecule has 5 unspecified atom stereocenters. The van der Waals surface area contributed by atoms with Crippen molar-refractivity contribution in [3.63, 3.8) is 0 Å². The Kier molecular flexibility index (Phi) is 71.4. The van der Waals surface area contributed by atoms with Gasteiger partial charge in [-0.05, 0) is 154 Å². The summed E-state index contributed by atoms with van der Waals surface area (Å²) in [5.74, 6) is -2.23. The second-order valence-corrected chi connectivity index (χ2v) is 29.1. The Bertz CT molecular complexity index is 2410. The number of phosphoric acid groups is 2. The number of aliphatic hydroxyl groups excluding tert-OH is 1. The third-order valence-corrected chi connectivity index (χ3v) is 18.3. The van der Waals surface area contributed by atoms with E-state index in [9.17, 15) is 43.2 Å². The lowest BCUT2D eigenvalue weighted by molar-refractivity contribution is -0.161. The summed E-state index contributed by atoms with van der Waals surface area (Å²) in [5.41, 5.74) is 0. The summed E-state index contributed by atoms with van der Waals surface area (Å²) in [6.07, 6.45) is 81.7. The summed E-state index contributed by atoms with van der Waals surface area (Å²) in [7, 11) is -9.97. The van der Waals surface area contributed by atoms with Crippen LogP contribution in [0.1, 0.15) is 323 Å². The van der Waals surface area contributed by atoms with Crippen LogP contribution in [0.2, 0.25) is 0 Å². The maximum atomic E-state index is 13.1. The van der Waals surface area contributed by atoms with E-state index in [2.05, 4.69) is 149 Å². The van der Waals surface area contributed by atoms with Crippen molar-refractivity contribution in [3.05, 3.63) is 122 Å². The molecule has 0 heterocycles. The van der Waals surface area contributed by atoms with Gasteiger partial charge in [0.15, 0.2) is 12.2 Å². The average Bonchev–Trinajstić information content (AvgIpc) is 0.959. The number of esters is 4. The normalized spacial score (nSPS) is 14.5. The van der Waals surface area contributed by atoms with E-state index in [1.165, 1.54) is 44.9 Å². The monoisotopic (exact) mass is 1470 g/mol. The van der Waals surface area contributed by atoms with Crippen LogP contribution in [0.3, 0.4) is 0 Å². The summed E-state index contributed by atoms with van der Waals surface area (Å²) < 4.78 is 68.6.